The third-order valence-electron chi connectivity index (χ3n) is 5.09. The highest BCUT2D eigenvalue weighted by molar-refractivity contribution is 5.94. The van der Waals surface area contributed by atoms with E-state index in [4.69, 9.17) is 0 Å². The summed E-state index contributed by atoms with van der Waals surface area (Å²) in [6.45, 7) is 3.10. The predicted molar refractivity (Wildman–Crippen MR) is 95.1 cm³/mol. The number of benzene rings is 1. The van der Waals surface area contributed by atoms with Crippen molar-refractivity contribution in [1.82, 2.24) is 14.9 Å². The lowest BCUT2D eigenvalue weighted by atomic mass is 9.90. The number of halogens is 1. The first-order valence-corrected chi connectivity index (χ1v) is 8.61. The number of hydrogen-bond acceptors (Lipinski definition) is 2. The molecule has 5 heteroatoms. The Bertz CT molecular complexity index is 926. The van der Waals surface area contributed by atoms with Gasteiger partial charge in [-0.15, -0.1) is 0 Å². The number of nitrogens with one attached hydrogen (secondary N) is 1. The molecule has 1 aliphatic rings. The van der Waals surface area contributed by atoms with Gasteiger partial charge in [0.15, 0.2) is 0 Å². The zero-order valence-corrected chi connectivity index (χ0v) is 14.1. The molecule has 1 saturated heterocycles. The molecule has 3 heterocycles. The Morgan fingerprint density at radius 3 is 2.84 bits per heavy atom. The Labute approximate surface area is 145 Å². The van der Waals surface area contributed by atoms with E-state index >= 15 is 0 Å². The normalized spacial score (nSPS) is 15.7. The molecule has 0 radical (unpaired) electrons. The Kier molecular flexibility index (Phi) is 3.99. The minimum Gasteiger partial charge on any atom is -0.360 e. The molecule has 0 aliphatic carbocycles. The van der Waals surface area contributed by atoms with E-state index in [9.17, 15) is 9.18 Å². The van der Waals surface area contributed by atoms with Crippen molar-refractivity contribution in [2.45, 2.75) is 25.7 Å². The van der Waals surface area contributed by atoms with Crippen LogP contribution in [0.2, 0.25) is 0 Å². The number of aromatic amines is 1. The van der Waals surface area contributed by atoms with Gasteiger partial charge in [-0.1, -0.05) is 0 Å². The number of likely N-dealkylation sites (tertiary alicyclic amines) is 1. The molecule has 2 aromatic heterocycles. The molecule has 1 fully saturated rings. The largest absolute Gasteiger partial charge is 0.360 e. The lowest BCUT2D eigenvalue weighted by molar-refractivity contribution is 0.0713. The Morgan fingerprint density at radius 2 is 2.08 bits per heavy atom. The lowest BCUT2D eigenvalue weighted by Gasteiger charge is -2.32. The van der Waals surface area contributed by atoms with Crippen molar-refractivity contribution < 1.29 is 9.18 Å². The molecule has 0 atom stereocenters. The second kappa shape index (κ2) is 6.31. The first kappa shape index (κ1) is 15.8. The second-order valence-corrected chi connectivity index (χ2v) is 6.67. The van der Waals surface area contributed by atoms with E-state index in [0.717, 1.165) is 23.9 Å². The average Bonchev–Trinajstić information content (AvgIpc) is 3.08. The van der Waals surface area contributed by atoms with Crippen molar-refractivity contribution in [3.8, 4) is 0 Å². The molecule has 128 valence electrons. The molecular formula is C20H20FN3O. The van der Waals surface area contributed by atoms with E-state index in [2.05, 4.69) is 9.97 Å². The van der Waals surface area contributed by atoms with Crippen LogP contribution in [0.3, 0.4) is 0 Å². The number of fused-ring (bicyclic) bond motifs is 1. The summed E-state index contributed by atoms with van der Waals surface area (Å²) in [5.41, 5.74) is 4.39. The van der Waals surface area contributed by atoms with Crippen LogP contribution >= 0.6 is 0 Å². The molecule has 0 bridgehead atoms. The van der Waals surface area contributed by atoms with Gasteiger partial charge in [0, 0.05) is 31.0 Å². The highest BCUT2D eigenvalue weighted by Crippen LogP contribution is 2.32. The molecular weight excluding hydrogens is 317 g/mol. The van der Waals surface area contributed by atoms with Crippen LogP contribution in [-0.2, 0) is 0 Å². The van der Waals surface area contributed by atoms with E-state index in [0.29, 0.717) is 30.1 Å². The van der Waals surface area contributed by atoms with Gasteiger partial charge in [0.1, 0.15) is 5.82 Å². The van der Waals surface area contributed by atoms with E-state index in [-0.39, 0.29) is 11.7 Å². The van der Waals surface area contributed by atoms with Crippen molar-refractivity contribution in [2.75, 3.05) is 13.1 Å². The molecule has 0 saturated carbocycles. The number of piperidine rings is 1. The Balaban J connectivity index is 1.47. The fraction of sp³-hybridized carbons (Fsp3) is 0.300. The van der Waals surface area contributed by atoms with Crippen molar-refractivity contribution >= 4 is 16.9 Å². The fourth-order valence-corrected chi connectivity index (χ4v) is 3.64. The number of pyridine rings is 1. The number of carbonyl (C=O) groups excluding carboxylic acids is 1. The van der Waals surface area contributed by atoms with Gasteiger partial charge in [0.2, 0.25) is 0 Å². The molecule has 1 aliphatic heterocycles. The summed E-state index contributed by atoms with van der Waals surface area (Å²) in [6.07, 6.45) is 5.68. The molecule has 4 nitrogen and oxygen atoms in total. The van der Waals surface area contributed by atoms with E-state index < -0.39 is 0 Å². The summed E-state index contributed by atoms with van der Waals surface area (Å²) in [5.74, 6) is 0.114. The van der Waals surface area contributed by atoms with Crippen molar-refractivity contribution in [3.05, 3.63) is 65.2 Å². The van der Waals surface area contributed by atoms with E-state index in [1.165, 1.54) is 11.6 Å². The third kappa shape index (κ3) is 2.90. The molecule has 1 amide bonds. The number of H-pyrrole nitrogens is 1. The van der Waals surface area contributed by atoms with E-state index in [1.54, 1.807) is 19.1 Å². The van der Waals surface area contributed by atoms with Gasteiger partial charge >= 0.3 is 0 Å². The van der Waals surface area contributed by atoms with Crippen molar-refractivity contribution in [1.29, 1.82) is 0 Å². The van der Waals surface area contributed by atoms with Gasteiger partial charge in [0.05, 0.1) is 11.0 Å². The Hall–Kier alpha value is -2.69. The number of hydrogen-bond donors (Lipinski definition) is 1. The molecule has 1 N–H and O–H groups in total. The van der Waals surface area contributed by atoms with Crippen LogP contribution in [0.5, 0.6) is 0 Å². The van der Waals surface area contributed by atoms with Crippen molar-refractivity contribution in [3.63, 3.8) is 0 Å². The van der Waals surface area contributed by atoms with Gasteiger partial charge in [-0.25, -0.2) is 4.39 Å². The quantitative estimate of drug-likeness (QED) is 0.767. The standard InChI is InChI=1S/C20H20FN3O/c1-13-11-15(4-5-17(13)21)20(25)24-9-6-14(7-10-24)16-12-23-18-3-2-8-22-19(16)18/h2-5,8,11-12,14,23H,6-7,9-10H2,1H3. The van der Waals surface area contributed by atoms with Gasteiger partial charge in [0.25, 0.3) is 5.91 Å². The number of aryl methyl sites for hydroxylation is 1. The molecule has 0 unspecified atom stereocenters. The monoisotopic (exact) mass is 337 g/mol. The van der Waals surface area contributed by atoms with Crippen LogP contribution in [0.25, 0.3) is 11.0 Å². The van der Waals surface area contributed by atoms with Crippen LogP contribution in [0, 0.1) is 12.7 Å². The van der Waals surface area contributed by atoms with E-state index in [1.807, 2.05) is 29.4 Å². The van der Waals surface area contributed by atoms with Crippen LogP contribution in [0.1, 0.15) is 40.2 Å². The topological polar surface area (TPSA) is 49.0 Å². The van der Waals surface area contributed by atoms with Crippen LogP contribution in [0.4, 0.5) is 4.39 Å². The summed E-state index contributed by atoms with van der Waals surface area (Å²) >= 11 is 0. The molecule has 0 spiro atoms. The minimum absolute atomic E-state index is 0.0152. The highest BCUT2D eigenvalue weighted by atomic mass is 19.1. The maximum Gasteiger partial charge on any atom is 0.253 e. The summed E-state index contributed by atoms with van der Waals surface area (Å²) in [5, 5.41) is 0. The number of carbonyl (C=O) groups is 1. The number of aromatic nitrogens is 2. The molecule has 1 aromatic carbocycles. The number of nitrogens with zero attached hydrogens (tertiary/aromatic N) is 2. The minimum atomic E-state index is -0.276. The van der Waals surface area contributed by atoms with Gasteiger partial charge in [-0.2, -0.15) is 0 Å². The SMILES string of the molecule is Cc1cc(C(=O)N2CCC(c3c[nH]c4cccnc34)CC2)ccc1F. The molecule has 25 heavy (non-hydrogen) atoms. The smallest absolute Gasteiger partial charge is 0.253 e. The van der Waals surface area contributed by atoms with Gasteiger partial charge < -0.3 is 9.88 Å². The lowest BCUT2D eigenvalue weighted by Crippen LogP contribution is -2.38. The Morgan fingerprint density at radius 1 is 1.28 bits per heavy atom. The molecule has 3 aromatic rings. The first-order valence-electron chi connectivity index (χ1n) is 8.61. The van der Waals surface area contributed by atoms with Gasteiger partial charge in [-0.3, -0.25) is 9.78 Å². The zero-order valence-electron chi connectivity index (χ0n) is 14.1. The second-order valence-electron chi connectivity index (χ2n) is 6.67. The summed E-state index contributed by atoms with van der Waals surface area (Å²) in [6, 6.07) is 8.52. The van der Waals surface area contributed by atoms with Crippen LogP contribution < -0.4 is 0 Å². The van der Waals surface area contributed by atoms with Crippen LogP contribution in [-0.4, -0.2) is 33.9 Å². The third-order valence-corrected chi connectivity index (χ3v) is 5.09. The zero-order chi connectivity index (χ0) is 17.4. The predicted octanol–water partition coefficient (Wildman–Crippen LogP) is 4.03. The fourth-order valence-electron chi connectivity index (χ4n) is 3.64. The average molecular weight is 337 g/mol. The maximum absolute atomic E-state index is 13.4. The summed E-state index contributed by atoms with van der Waals surface area (Å²) in [4.78, 5) is 22.3. The van der Waals surface area contributed by atoms with Crippen LogP contribution in [0.15, 0.2) is 42.7 Å². The summed E-state index contributed by atoms with van der Waals surface area (Å²) in [7, 11) is 0. The highest BCUT2D eigenvalue weighted by Gasteiger charge is 2.26. The van der Waals surface area contributed by atoms with Crippen molar-refractivity contribution in [2.24, 2.45) is 0 Å². The number of amides is 1. The van der Waals surface area contributed by atoms with Gasteiger partial charge in [-0.05, 0) is 67.1 Å². The summed E-state index contributed by atoms with van der Waals surface area (Å²) < 4.78 is 13.4. The molecule has 4 rings (SSSR count). The first-order chi connectivity index (χ1) is 12.1. The maximum atomic E-state index is 13.4. The number of rotatable bonds is 2.